The zero-order valence-electron chi connectivity index (χ0n) is 10.9. The minimum Gasteiger partial charge on any atom is -0.509 e. The molecule has 0 aliphatic heterocycles. The van der Waals surface area contributed by atoms with Crippen molar-refractivity contribution in [2.24, 2.45) is 0 Å². The average molecular weight is 271 g/mol. The van der Waals surface area contributed by atoms with E-state index in [4.69, 9.17) is 9.52 Å². The lowest BCUT2D eigenvalue weighted by molar-refractivity contribution is -0.114. The number of aliphatic hydroxyl groups excluding tert-OH is 1. The van der Waals surface area contributed by atoms with Gasteiger partial charge in [-0.2, -0.15) is 0 Å². The molecule has 0 saturated carbocycles. The highest BCUT2D eigenvalue weighted by molar-refractivity contribution is 5.91. The first-order chi connectivity index (χ1) is 9.38. The van der Waals surface area contributed by atoms with Gasteiger partial charge < -0.3 is 14.8 Å². The molecule has 1 aromatic carbocycles. The summed E-state index contributed by atoms with van der Waals surface area (Å²) >= 11 is 0. The lowest BCUT2D eigenvalue weighted by Crippen LogP contribution is -2.38. The molecular formula is C15H13NO4. The third-order valence-electron chi connectivity index (χ3n) is 2.69. The fourth-order valence-electron chi connectivity index (χ4n) is 1.87. The molecule has 1 amide bonds. The van der Waals surface area contributed by atoms with Crippen molar-refractivity contribution in [3.05, 3.63) is 51.4 Å². The summed E-state index contributed by atoms with van der Waals surface area (Å²) < 4.78 is 5.17. The van der Waals surface area contributed by atoms with E-state index in [0.29, 0.717) is 21.9 Å². The topological polar surface area (TPSA) is 79.5 Å². The molecular weight excluding hydrogens is 258 g/mol. The molecule has 0 fully saturated rings. The molecule has 5 nitrogen and oxygen atoms in total. The Hall–Kier alpha value is -2.82. The Bertz CT molecular complexity index is 877. The first-order valence-electron chi connectivity index (χ1n) is 5.81. The molecule has 102 valence electrons. The monoisotopic (exact) mass is 271 g/mol. The van der Waals surface area contributed by atoms with Gasteiger partial charge in [0, 0.05) is 24.1 Å². The number of aliphatic hydroxyl groups is 1. The van der Waals surface area contributed by atoms with Crippen LogP contribution >= 0.6 is 0 Å². The first-order valence-corrected chi connectivity index (χ1v) is 5.81. The van der Waals surface area contributed by atoms with Crippen molar-refractivity contribution >= 4 is 35.2 Å². The van der Waals surface area contributed by atoms with Crippen LogP contribution in [0.2, 0.25) is 0 Å². The maximum atomic E-state index is 11.8. The molecule has 1 aromatic heterocycles. The number of carbonyl (C=O) groups excluding carboxylic acids is 1. The van der Waals surface area contributed by atoms with Gasteiger partial charge in [-0.25, -0.2) is 4.79 Å². The molecule has 0 spiro atoms. The minimum atomic E-state index is -0.627. The molecule has 0 unspecified atom stereocenters. The molecule has 0 radical (unpaired) electrons. The molecule has 0 aliphatic carbocycles. The molecule has 0 aliphatic rings. The van der Waals surface area contributed by atoms with Crippen LogP contribution in [0.5, 0.6) is 0 Å². The highest BCUT2D eigenvalue weighted by Gasteiger charge is 2.05. The molecule has 2 N–H and O–H groups in total. The van der Waals surface area contributed by atoms with E-state index in [1.54, 1.807) is 18.2 Å². The van der Waals surface area contributed by atoms with Crippen LogP contribution in [0.25, 0.3) is 23.6 Å². The number of amides is 1. The number of allylic oxidation sites excluding steroid dienone is 1. The van der Waals surface area contributed by atoms with E-state index in [9.17, 15) is 9.59 Å². The van der Waals surface area contributed by atoms with Gasteiger partial charge in [-0.05, 0) is 23.4 Å². The summed E-state index contributed by atoms with van der Waals surface area (Å²) in [5, 5.41) is 13.0. The van der Waals surface area contributed by atoms with Gasteiger partial charge in [-0.1, -0.05) is 13.2 Å². The third-order valence-corrected chi connectivity index (χ3v) is 2.69. The van der Waals surface area contributed by atoms with Crippen molar-refractivity contribution in [3.8, 4) is 0 Å². The summed E-state index contributed by atoms with van der Waals surface area (Å²) in [6.07, 6.45) is 1.20. The van der Waals surface area contributed by atoms with Crippen molar-refractivity contribution in [1.82, 2.24) is 0 Å². The standard InChI is InChI=1S/C15H13NO4/c1-8(17)6-13-9(2)12-5-4-11(16-10(3)18)7-14(12)20-15(13)19/h4-7,17H,1-2H2,3H3,(H,16,18)/b13-6+. The number of hydrogen-bond acceptors (Lipinski definition) is 4. The zero-order valence-corrected chi connectivity index (χ0v) is 10.9. The Morgan fingerprint density at radius 1 is 1.45 bits per heavy atom. The van der Waals surface area contributed by atoms with E-state index in [-0.39, 0.29) is 16.9 Å². The predicted molar refractivity (Wildman–Crippen MR) is 77.8 cm³/mol. The quantitative estimate of drug-likeness (QED) is 0.631. The summed E-state index contributed by atoms with van der Waals surface area (Å²) in [7, 11) is 0. The largest absolute Gasteiger partial charge is 0.509 e. The van der Waals surface area contributed by atoms with Crippen LogP contribution < -0.4 is 21.4 Å². The van der Waals surface area contributed by atoms with Crippen LogP contribution in [-0.4, -0.2) is 11.0 Å². The maximum Gasteiger partial charge on any atom is 0.344 e. The number of nitrogens with one attached hydrogen (secondary N) is 1. The Morgan fingerprint density at radius 2 is 2.15 bits per heavy atom. The van der Waals surface area contributed by atoms with Crippen LogP contribution in [0.3, 0.4) is 0 Å². The molecule has 5 heteroatoms. The highest BCUT2D eigenvalue weighted by Crippen LogP contribution is 2.14. The van der Waals surface area contributed by atoms with Crippen molar-refractivity contribution in [2.45, 2.75) is 6.92 Å². The van der Waals surface area contributed by atoms with Crippen LogP contribution in [0.1, 0.15) is 6.92 Å². The molecule has 0 atom stereocenters. The van der Waals surface area contributed by atoms with Crippen molar-refractivity contribution in [3.63, 3.8) is 0 Å². The molecule has 0 bridgehead atoms. The van der Waals surface area contributed by atoms with Crippen LogP contribution in [0, 0.1) is 0 Å². The maximum absolute atomic E-state index is 11.8. The van der Waals surface area contributed by atoms with Gasteiger partial charge in [0.1, 0.15) is 11.3 Å². The second-order valence-electron chi connectivity index (χ2n) is 4.31. The minimum absolute atomic E-state index is 0.150. The lowest BCUT2D eigenvalue weighted by Gasteiger charge is -2.03. The highest BCUT2D eigenvalue weighted by atomic mass is 16.4. The van der Waals surface area contributed by atoms with E-state index in [2.05, 4.69) is 18.5 Å². The van der Waals surface area contributed by atoms with Gasteiger partial charge in [0.25, 0.3) is 0 Å². The Kier molecular flexibility index (Phi) is 3.43. The summed E-state index contributed by atoms with van der Waals surface area (Å²) in [6.45, 7) is 8.51. The SMILES string of the molecule is C=C(O)/C=c1/c(=O)oc2cc(NC(C)=O)ccc2c1=C. The van der Waals surface area contributed by atoms with E-state index < -0.39 is 5.63 Å². The van der Waals surface area contributed by atoms with Gasteiger partial charge in [-0.3, -0.25) is 4.79 Å². The van der Waals surface area contributed by atoms with Crippen LogP contribution in [0.15, 0.2) is 39.7 Å². The van der Waals surface area contributed by atoms with Crippen molar-refractivity contribution < 1.29 is 14.3 Å². The Morgan fingerprint density at radius 3 is 2.75 bits per heavy atom. The predicted octanol–water partition coefficient (Wildman–Crippen LogP) is 1.01. The number of carbonyl (C=O) groups is 1. The van der Waals surface area contributed by atoms with Gasteiger partial charge in [0.15, 0.2) is 0 Å². The number of benzene rings is 1. The Balaban J connectivity index is 2.77. The van der Waals surface area contributed by atoms with Crippen molar-refractivity contribution in [2.75, 3.05) is 5.32 Å². The zero-order chi connectivity index (χ0) is 14.9. The summed E-state index contributed by atoms with van der Waals surface area (Å²) in [5.41, 5.74) is 0.209. The fourth-order valence-corrected chi connectivity index (χ4v) is 1.87. The summed E-state index contributed by atoms with van der Waals surface area (Å²) in [6, 6.07) is 4.91. The number of fused-ring (bicyclic) bond motifs is 1. The van der Waals surface area contributed by atoms with E-state index >= 15 is 0 Å². The molecule has 0 saturated heterocycles. The number of rotatable bonds is 2. The van der Waals surface area contributed by atoms with E-state index in [1.807, 2.05) is 0 Å². The Labute approximate surface area is 114 Å². The second-order valence-corrected chi connectivity index (χ2v) is 4.31. The third kappa shape index (κ3) is 2.61. The lowest BCUT2D eigenvalue weighted by atomic mass is 10.1. The average Bonchev–Trinajstić information content (AvgIpc) is 2.33. The number of anilines is 1. The molecule has 2 rings (SSSR count). The molecule has 1 heterocycles. The smallest absolute Gasteiger partial charge is 0.344 e. The number of hydrogen-bond donors (Lipinski definition) is 2. The van der Waals surface area contributed by atoms with E-state index in [1.165, 1.54) is 13.0 Å². The van der Waals surface area contributed by atoms with E-state index in [0.717, 1.165) is 0 Å². The molecule has 20 heavy (non-hydrogen) atoms. The van der Waals surface area contributed by atoms with Crippen molar-refractivity contribution in [1.29, 1.82) is 0 Å². The van der Waals surface area contributed by atoms with Gasteiger partial charge in [0.2, 0.25) is 5.91 Å². The molecule has 2 aromatic rings. The van der Waals surface area contributed by atoms with Gasteiger partial charge >= 0.3 is 5.63 Å². The second kappa shape index (κ2) is 5.05. The fraction of sp³-hybridized carbons (Fsp3) is 0.0667. The summed E-state index contributed by atoms with van der Waals surface area (Å²) in [5.74, 6) is -0.473. The first kappa shape index (κ1) is 13.6. The van der Waals surface area contributed by atoms with Crippen LogP contribution in [0.4, 0.5) is 5.69 Å². The van der Waals surface area contributed by atoms with Gasteiger partial charge in [0.05, 0.1) is 5.22 Å². The normalized spacial score (nSPS) is 11.6. The van der Waals surface area contributed by atoms with Crippen LogP contribution in [-0.2, 0) is 4.79 Å². The van der Waals surface area contributed by atoms with Gasteiger partial charge in [-0.15, -0.1) is 0 Å². The summed E-state index contributed by atoms with van der Waals surface area (Å²) in [4.78, 5) is 22.8.